The molecule has 4 nitrogen and oxygen atoms in total. The van der Waals surface area contributed by atoms with Gasteiger partial charge < -0.3 is 10.3 Å². The van der Waals surface area contributed by atoms with Gasteiger partial charge >= 0.3 is 0 Å². The SMILES string of the molecule is CC(N)c1nc(Cc2ccc(Cl)cc2)no1.Cl. The Labute approximate surface area is 111 Å². The average molecular weight is 274 g/mol. The van der Waals surface area contributed by atoms with E-state index in [1.165, 1.54) is 0 Å². The maximum atomic E-state index is 5.79. The minimum Gasteiger partial charge on any atom is -0.338 e. The van der Waals surface area contributed by atoms with Gasteiger partial charge in [-0.1, -0.05) is 28.9 Å². The average Bonchev–Trinajstić information content (AvgIpc) is 2.70. The Balaban J connectivity index is 0.00000144. The van der Waals surface area contributed by atoms with E-state index in [0.717, 1.165) is 5.56 Å². The molecule has 1 aromatic carbocycles. The van der Waals surface area contributed by atoms with Gasteiger partial charge in [0.2, 0.25) is 5.89 Å². The molecule has 6 heteroatoms. The Morgan fingerprint density at radius 1 is 1.35 bits per heavy atom. The molecule has 2 aromatic rings. The first-order valence-corrected chi connectivity index (χ1v) is 5.35. The zero-order chi connectivity index (χ0) is 11.5. The van der Waals surface area contributed by atoms with Crippen molar-refractivity contribution in [3.63, 3.8) is 0 Å². The standard InChI is InChI=1S/C11H12ClN3O.ClH/c1-7(13)11-14-10(15-16-11)6-8-2-4-9(12)5-3-8;/h2-5,7H,6,13H2,1H3;1H. The fourth-order valence-electron chi connectivity index (χ4n) is 1.31. The monoisotopic (exact) mass is 273 g/mol. The zero-order valence-corrected chi connectivity index (χ0v) is 10.8. The summed E-state index contributed by atoms with van der Waals surface area (Å²) in [7, 11) is 0. The van der Waals surface area contributed by atoms with Crippen molar-refractivity contribution < 1.29 is 4.52 Å². The van der Waals surface area contributed by atoms with Crippen LogP contribution in [-0.2, 0) is 6.42 Å². The molecule has 0 amide bonds. The number of nitrogens with zero attached hydrogens (tertiary/aromatic N) is 2. The van der Waals surface area contributed by atoms with E-state index in [1.54, 1.807) is 6.92 Å². The molecular formula is C11H13Cl2N3O. The molecular weight excluding hydrogens is 261 g/mol. The Bertz CT molecular complexity index is 468. The highest BCUT2D eigenvalue weighted by Gasteiger charge is 2.10. The highest BCUT2D eigenvalue weighted by Crippen LogP contribution is 2.13. The van der Waals surface area contributed by atoms with E-state index in [1.807, 2.05) is 24.3 Å². The van der Waals surface area contributed by atoms with E-state index in [-0.39, 0.29) is 18.4 Å². The Kier molecular flexibility index (Phi) is 4.93. The maximum absolute atomic E-state index is 5.79. The zero-order valence-electron chi connectivity index (χ0n) is 9.26. The molecule has 0 aliphatic carbocycles. The molecule has 92 valence electrons. The smallest absolute Gasteiger partial charge is 0.243 e. The van der Waals surface area contributed by atoms with Crippen molar-refractivity contribution in [3.8, 4) is 0 Å². The summed E-state index contributed by atoms with van der Waals surface area (Å²) in [4.78, 5) is 4.19. The normalized spacial score (nSPS) is 11.9. The summed E-state index contributed by atoms with van der Waals surface area (Å²) in [6.07, 6.45) is 0.618. The highest BCUT2D eigenvalue weighted by atomic mass is 35.5. The first-order chi connectivity index (χ1) is 7.65. The first-order valence-electron chi connectivity index (χ1n) is 4.97. The van der Waals surface area contributed by atoms with Crippen molar-refractivity contribution in [2.24, 2.45) is 5.73 Å². The van der Waals surface area contributed by atoms with Crippen LogP contribution in [0.5, 0.6) is 0 Å². The molecule has 17 heavy (non-hydrogen) atoms. The van der Waals surface area contributed by atoms with E-state index in [2.05, 4.69) is 10.1 Å². The van der Waals surface area contributed by atoms with E-state index in [9.17, 15) is 0 Å². The lowest BCUT2D eigenvalue weighted by Gasteiger charge is -1.96. The number of benzene rings is 1. The van der Waals surface area contributed by atoms with Crippen LogP contribution in [0, 0.1) is 0 Å². The van der Waals surface area contributed by atoms with E-state index < -0.39 is 0 Å². The summed E-state index contributed by atoms with van der Waals surface area (Å²) in [5.41, 5.74) is 6.71. The number of hydrogen-bond donors (Lipinski definition) is 1. The van der Waals surface area contributed by atoms with Gasteiger partial charge in [-0.3, -0.25) is 0 Å². The lowest BCUT2D eigenvalue weighted by Crippen LogP contribution is -2.05. The molecule has 2 rings (SSSR count). The van der Waals surface area contributed by atoms with Gasteiger partial charge in [-0.15, -0.1) is 12.4 Å². The molecule has 0 radical (unpaired) electrons. The highest BCUT2D eigenvalue weighted by molar-refractivity contribution is 6.30. The van der Waals surface area contributed by atoms with Crippen LogP contribution in [0.25, 0.3) is 0 Å². The van der Waals surface area contributed by atoms with Crippen LogP contribution in [0.15, 0.2) is 28.8 Å². The quantitative estimate of drug-likeness (QED) is 0.934. The number of halogens is 2. The van der Waals surface area contributed by atoms with Gasteiger partial charge in [-0.05, 0) is 24.6 Å². The summed E-state index contributed by atoms with van der Waals surface area (Å²) in [5.74, 6) is 1.10. The van der Waals surface area contributed by atoms with E-state index >= 15 is 0 Å². The molecule has 0 saturated carbocycles. The van der Waals surface area contributed by atoms with Gasteiger partial charge in [0.05, 0.1) is 6.04 Å². The van der Waals surface area contributed by atoms with Crippen LogP contribution in [0.3, 0.4) is 0 Å². The third kappa shape index (κ3) is 3.70. The molecule has 1 heterocycles. The summed E-state index contributed by atoms with van der Waals surface area (Å²) < 4.78 is 5.01. The lowest BCUT2D eigenvalue weighted by molar-refractivity contribution is 0.358. The topological polar surface area (TPSA) is 64.9 Å². The van der Waals surface area contributed by atoms with Crippen LogP contribution >= 0.6 is 24.0 Å². The Morgan fingerprint density at radius 3 is 2.53 bits per heavy atom. The molecule has 0 aliphatic heterocycles. The largest absolute Gasteiger partial charge is 0.338 e. The summed E-state index contributed by atoms with van der Waals surface area (Å²) >= 11 is 5.79. The minimum absolute atomic E-state index is 0. The van der Waals surface area contributed by atoms with Crippen LogP contribution in [0.1, 0.15) is 30.2 Å². The number of hydrogen-bond acceptors (Lipinski definition) is 4. The summed E-state index contributed by atoms with van der Waals surface area (Å²) in [6.45, 7) is 1.81. The molecule has 1 aromatic heterocycles. The molecule has 0 spiro atoms. The van der Waals surface area contributed by atoms with Crippen LogP contribution < -0.4 is 5.73 Å². The van der Waals surface area contributed by atoms with Gasteiger partial charge in [0.1, 0.15) is 0 Å². The van der Waals surface area contributed by atoms with Crippen molar-refractivity contribution in [1.29, 1.82) is 0 Å². The molecule has 1 atom stereocenters. The van der Waals surface area contributed by atoms with Crippen molar-refractivity contribution in [3.05, 3.63) is 46.6 Å². The second kappa shape index (κ2) is 6.00. The summed E-state index contributed by atoms with van der Waals surface area (Å²) in [6, 6.07) is 7.31. The van der Waals surface area contributed by atoms with E-state index in [4.69, 9.17) is 21.9 Å². The second-order valence-corrected chi connectivity index (χ2v) is 4.08. The predicted molar refractivity (Wildman–Crippen MR) is 68.4 cm³/mol. The van der Waals surface area contributed by atoms with Crippen molar-refractivity contribution in [1.82, 2.24) is 10.1 Å². The Morgan fingerprint density at radius 2 is 2.00 bits per heavy atom. The molecule has 0 fully saturated rings. The van der Waals surface area contributed by atoms with Gasteiger partial charge in [-0.25, -0.2) is 0 Å². The van der Waals surface area contributed by atoms with Gasteiger partial charge in [0, 0.05) is 11.4 Å². The molecule has 0 bridgehead atoms. The van der Waals surface area contributed by atoms with Crippen LogP contribution in [0.2, 0.25) is 5.02 Å². The molecule has 2 N–H and O–H groups in total. The van der Waals surface area contributed by atoms with Crippen molar-refractivity contribution in [2.45, 2.75) is 19.4 Å². The third-order valence-electron chi connectivity index (χ3n) is 2.15. The van der Waals surface area contributed by atoms with Crippen LogP contribution in [-0.4, -0.2) is 10.1 Å². The van der Waals surface area contributed by atoms with Gasteiger partial charge in [0.25, 0.3) is 0 Å². The predicted octanol–water partition coefficient (Wildman–Crippen LogP) is 2.76. The van der Waals surface area contributed by atoms with Crippen LogP contribution in [0.4, 0.5) is 0 Å². The molecule has 1 unspecified atom stereocenters. The summed E-state index contributed by atoms with van der Waals surface area (Å²) in [5, 5.41) is 4.57. The maximum Gasteiger partial charge on any atom is 0.243 e. The van der Waals surface area contributed by atoms with Crippen molar-refractivity contribution >= 4 is 24.0 Å². The fraction of sp³-hybridized carbons (Fsp3) is 0.273. The second-order valence-electron chi connectivity index (χ2n) is 3.64. The first kappa shape index (κ1) is 14.0. The van der Waals surface area contributed by atoms with E-state index in [0.29, 0.717) is 23.2 Å². The van der Waals surface area contributed by atoms with Gasteiger partial charge in [0.15, 0.2) is 5.82 Å². The van der Waals surface area contributed by atoms with Gasteiger partial charge in [-0.2, -0.15) is 4.98 Å². The van der Waals surface area contributed by atoms with Crippen molar-refractivity contribution in [2.75, 3.05) is 0 Å². The third-order valence-corrected chi connectivity index (χ3v) is 2.40. The molecule has 0 aliphatic rings. The fourth-order valence-corrected chi connectivity index (χ4v) is 1.44. The Hall–Kier alpha value is -1.10. The number of aromatic nitrogens is 2. The minimum atomic E-state index is -0.230. The lowest BCUT2D eigenvalue weighted by atomic mass is 10.1. The number of nitrogens with two attached hydrogens (primary N) is 1. The number of rotatable bonds is 3. The molecule has 0 saturated heterocycles.